The van der Waals surface area contributed by atoms with Gasteiger partial charge in [0.1, 0.15) is 11.5 Å². The third kappa shape index (κ3) is 5.94. The molecule has 0 saturated carbocycles. The summed E-state index contributed by atoms with van der Waals surface area (Å²) in [5.41, 5.74) is 6.12. The number of carbonyl (C=O) groups excluding carboxylic acids is 3. The van der Waals surface area contributed by atoms with Crippen molar-refractivity contribution in [2.75, 3.05) is 18.5 Å². The first-order chi connectivity index (χ1) is 12.5. The maximum atomic E-state index is 12.1. The Morgan fingerprint density at radius 1 is 1.00 bits per heavy atom. The maximum Gasteiger partial charge on any atom is 0.262 e. The molecule has 0 bridgehead atoms. The van der Waals surface area contributed by atoms with E-state index in [1.165, 1.54) is 6.92 Å². The van der Waals surface area contributed by atoms with Crippen molar-refractivity contribution in [3.05, 3.63) is 54.1 Å². The molecular formula is C19H20N2O5. The van der Waals surface area contributed by atoms with Crippen LogP contribution in [-0.2, 0) is 9.59 Å². The molecule has 0 heterocycles. The molecule has 2 rings (SSSR count). The van der Waals surface area contributed by atoms with Gasteiger partial charge in [0.15, 0.2) is 12.4 Å². The van der Waals surface area contributed by atoms with Crippen LogP contribution < -0.4 is 20.5 Å². The highest BCUT2D eigenvalue weighted by Crippen LogP contribution is 2.24. The SMILES string of the molecule is CC(=O)c1ccc(OCC(=O)Nc2ccccc2OCCC(N)=O)cc1. The lowest BCUT2D eigenvalue weighted by molar-refractivity contribution is -0.119. The van der Waals surface area contributed by atoms with Gasteiger partial charge in [-0.25, -0.2) is 0 Å². The van der Waals surface area contributed by atoms with Crippen molar-refractivity contribution in [1.82, 2.24) is 0 Å². The van der Waals surface area contributed by atoms with Crippen molar-refractivity contribution < 1.29 is 23.9 Å². The molecule has 0 fully saturated rings. The highest BCUT2D eigenvalue weighted by Gasteiger charge is 2.09. The van der Waals surface area contributed by atoms with Gasteiger partial charge in [0, 0.05) is 5.56 Å². The van der Waals surface area contributed by atoms with E-state index in [1.54, 1.807) is 48.5 Å². The normalized spacial score (nSPS) is 10.0. The van der Waals surface area contributed by atoms with Gasteiger partial charge in [0.05, 0.1) is 18.7 Å². The standard InChI is InChI=1S/C19H20N2O5/c1-13(22)14-6-8-15(9-7-14)26-12-19(24)21-16-4-2-3-5-17(16)25-11-10-18(20)23/h2-9H,10-12H2,1H3,(H2,20,23)(H,21,24). The lowest BCUT2D eigenvalue weighted by Crippen LogP contribution is -2.21. The van der Waals surface area contributed by atoms with Gasteiger partial charge in [0.2, 0.25) is 5.91 Å². The Morgan fingerprint density at radius 2 is 1.69 bits per heavy atom. The first kappa shape index (κ1) is 19.0. The molecule has 0 saturated heterocycles. The zero-order valence-corrected chi connectivity index (χ0v) is 14.4. The van der Waals surface area contributed by atoms with E-state index in [2.05, 4.69) is 5.32 Å². The molecule has 136 valence electrons. The third-order valence-electron chi connectivity index (χ3n) is 3.40. The largest absolute Gasteiger partial charge is 0.491 e. The molecule has 0 unspecified atom stereocenters. The van der Waals surface area contributed by atoms with Crippen molar-refractivity contribution in [1.29, 1.82) is 0 Å². The molecule has 2 aromatic carbocycles. The number of hydrogen-bond donors (Lipinski definition) is 2. The Hall–Kier alpha value is -3.35. The number of Topliss-reactive ketones (excluding diaryl/α,β-unsaturated/α-hetero) is 1. The van der Waals surface area contributed by atoms with Crippen LogP contribution in [0.4, 0.5) is 5.69 Å². The number of ketones is 1. The number of carbonyl (C=O) groups is 3. The average Bonchev–Trinajstić information content (AvgIpc) is 2.61. The molecule has 2 amide bonds. The van der Waals surface area contributed by atoms with Gasteiger partial charge in [-0.1, -0.05) is 12.1 Å². The lowest BCUT2D eigenvalue weighted by atomic mass is 10.1. The summed E-state index contributed by atoms with van der Waals surface area (Å²) in [5.74, 6) is 0.0496. The Bertz CT molecular complexity index is 787. The Morgan fingerprint density at radius 3 is 2.35 bits per heavy atom. The summed E-state index contributed by atoms with van der Waals surface area (Å²) in [6.45, 7) is 1.41. The van der Waals surface area contributed by atoms with E-state index in [-0.39, 0.29) is 31.3 Å². The molecule has 7 heteroatoms. The van der Waals surface area contributed by atoms with Crippen molar-refractivity contribution in [3.8, 4) is 11.5 Å². The van der Waals surface area contributed by atoms with Gasteiger partial charge < -0.3 is 20.5 Å². The predicted octanol–water partition coefficient (Wildman–Crippen LogP) is 2.16. The monoisotopic (exact) mass is 356 g/mol. The summed E-state index contributed by atoms with van der Waals surface area (Å²) < 4.78 is 10.9. The number of primary amides is 1. The average molecular weight is 356 g/mol. The highest BCUT2D eigenvalue weighted by molar-refractivity contribution is 5.94. The molecule has 7 nitrogen and oxygen atoms in total. The molecule has 0 aliphatic heterocycles. The van der Waals surface area contributed by atoms with Crippen molar-refractivity contribution in [3.63, 3.8) is 0 Å². The van der Waals surface area contributed by atoms with Crippen LogP contribution in [0.15, 0.2) is 48.5 Å². The smallest absolute Gasteiger partial charge is 0.262 e. The Kier molecular flexibility index (Phi) is 6.73. The van der Waals surface area contributed by atoms with Gasteiger partial charge in [-0.15, -0.1) is 0 Å². The van der Waals surface area contributed by atoms with E-state index in [1.807, 2.05) is 0 Å². The van der Waals surface area contributed by atoms with Crippen molar-refractivity contribution in [2.45, 2.75) is 13.3 Å². The van der Waals surface area contributed by atoms with Crippen LogP contribution in [0.3, 0.4) is 0 Å². The summed E-state index contributed by atoms with van der Waals surface area (Å²) in [4.78, 5) is 34.1. The van der Waals surface area contributed by atoms with Crippen molar-refractivity contribution >= 4 is 23.3 Å². The molecular weight excluding hydrogens is 336 g/mol. The quantitative estimate of drug-likeness (QED) is 0.670. The second-order valence-electron chi connectivity index (χ2n) is 5.48. The van der Waals surface area contributed by atoms with Gasteiger partial charge in [-0.2, -0.15) is 0 Å². The van der Waals surface area contributed by atoms with E-state index < -0.39 is 5.91 Å². The Labute approximate surface area is 151 Å². The number of para-hydroxylation sites is 2. The van der Waals surface area contributed by atoms with Crippen LogP contribution in [0, 0.1) is 0 Å². The lowest BCUT2D eigenvalue weighted by Gasteiger charge is -2.12. The molecule has 0 aromatic heterocycles. The van der Waals surface area contributed by atoms with E-state index >= 15 is 0 Å². The van der Waals surface area contributed by atoms with Crippen molar-refractivity contribution in [2.24, 2.45) is 5.73 Å². The third-order valence-corrected chi connectivity index (χ3v) is 3.40. The van der Waals surface area contributed by atoms with E-state index in [4.69, 9.17) is 15.2 Å². The highest BCUT2D eigenvalue weighted by atomic mass is 16.5. The van der Waals surface area contributed by atoms with Gasteiger partial charge in [-0.05, 0) is 43.3 Å². The molecule has 0 aliphatic rings. The van der Waals surface area contributed by atoms with Crippen LogP contribution in [-0.4, -0.2) is 30.8 Å². The minimum atomic E-state index is -0.462. The number of benzene rings is 2. The molecule has 0 atom stereocenters. The van der Waals surface area contributed by atoms with Crippen LogP contribution in [0.25, 0.3) is 0 Å². The topological polar surface area (TPSA) is 108 Å². The first-order valence-corrected chi connectivity index (χ1v) is 7.99. The predicted molar refractivity (Wildman–Crippen MR) is 96.3 cm³/mol. The summed E-state index contributed by atoms with van der Waals surface area (Å²) in [6, 6.07) is 13.4. The number of nitrogens with one attached hydrogen (secondary N) is 1. The fourth-order valence-electron chi connectivity index (χ4n) is 2.08. The van der Waals surface area contributed by atoms with Gasteiger partial charge >= 0.3 is 0 Å². The molecule has 0 spiro atoms. The molecule has 0 aliphatic carbocycles. The van der Waals surface area contributed by atoms with Gasteiger partial charge in [-0.3, -0.25) is 14.4 Å². The number of nitrogens with two attached hydrogens (primary N) is 1. The van der Waals surface area contributed by atoms with Crippen LogP contribution in [0.2, 0.25) is 0 Å². The zero-order valence-electron chi connectivity index (χ0n) is 14.4. The summed E-state index contributed by atoms with van der Waals surface area (Å²) >= 11 is 0. The summed E-state index contributed by atoms with van der Waals surface area (Å²) in [6.07, 6.45) is 0.0850. The van der Waals surface area contributed by atoms with E-state index in [0.29, 0.717) is 22.7 Å². The number of hydrogen-bond acceptors (Lipinski definition) is 5. The van der Waals surface area contributed by atoms with Gasteiger partial charge in [0.25, 0.3) is 5.91 Å². The van der Waals surface area contributed by atoms with E-state index in [9.17, 15) is 14.4 Å². The van der Waals surface area contributed by atoms with Crippen LogP contribution >= 0.6 is 0 Å². The number of ether oxygens (including phenoxy) is 2. The second kappa shape index (κ2) is 9.22. The summed E-state index contributed by atoms with van der Waals surface area (Å²) in [5, 5.41) is 2.69. The van der Waals surface area contributed by atoms with Crippen LogP contribution in [0.1, 0.15) is 23.7 Å². The molecule has 26 heavy (non-hydrogen) atoms. The molecule has 3 N–H and O–H groups in total. The summed E-state index contributed by atoms with van der Waals surface area (Å²) in [7, 11) is 0. The van der Waals surface area contributed by atoms with Crippen LogP contribution in [0.5, 0.6) is 11.5 Å². The maximum absolute atomic E-state index is 12.1. The fraction of sp³-hybridized carbons (Fsp3) is 0.211. The Balaban J connectivity index is 1.89. The number of rotatable bonds is 9. The van der Waals surface area contributed by atoms with E-state index in [0.717, 1.165) is 0 Å². The number of anilines is 1. The molecule has 2 aromatic rings. The number of amides is 2. The molecule has 0 radical (unpaired) electrons. The minimum absolute atomic E-state index is 0.0396. The fourth-order valence-corrected chi connectivity index (χ4v) is 2.08. The minimum Gasteiger partial charge on any atom is -0.491 e. The zero-order chi connectivity index (χ0) is 18.9. The first-order valence-electron chi connectivity index (χ1n) is 7.99. The second-order valence-corrected chi connectivity index (χ2v) is 5.48.